The van der Waals surface area contributed by atoms with Gasteiger partial charge in [-0.1, -0.05) is 13.8 Å². The lowest BCUT2D eigenvalue weighted by molar-refractivity contribution is -0.168. The molecule has 1 N–H and O–H groups in total. The van der Waals surface area contributed by atoms with E-state index in [1.54, 1.807) is 0 Å². The molecule has 1 aliphatic heterocycles. The third kappa shape index (κ3) is 1.71. The van der Waals surface area contributed by atoms with Crippen molar-refractivity contribution in [2.75, 3.05) is 6.61 Å². The Balaban J connectivity index is 2.63. The summed E-state index contributed by atoms with van der Waals surface area (Å²) >= 11 is 0. The minimum absolute atomic E-state index is 0.0668. The van der Waals surface area contributed by atoms with Crippen molar-refractivity contribution >= 4 is 5.97 Å². The Kier molecular flexibility index (Phi) is 2.18. The van der Waals surface area contributed by atoms with E-state index >= 15 is 0 Å². The lowest BCUT2D eigenvalue weighted by Crippen LogP contribution is -2.41. The average Bonchev–Trinajstić information content (AvgIpc) is 1.94. The highest BCUT2D eigenvalue weighted by Gasteiger charge is 2.36. The number of carbonyl (C=O) groups excluding carboxylic acids is 1. The summed E-state index contributed by atoms with van der Waals surface area (Å²) < 4.78 is 4.96. The van der Waals surface area contributed by atoms with E-state index < -0.39 is 0 Å². The van der Waals surface area contributed by atoms with Crippen molar-refractivity contribution < 1.29 is 14.6 Å². The van der Waals surface area contributed by atoms with E-state index in [-0.39, 0.29) is 24.1 Å². The van der Waals surface area contributed by atoms with Gasteiger partial charge in [0.15, 0.2) is 0 Å². The number of ether oxygens (including phenoxy) is 1. The molecule has 1 aliphatic rings. The Morgan fingerprint density at radius 2 is 2.36 bits per heavy atom. The maximum atomic E-state index is 10.8. The first kappa shape index (κ1) is 8.53. The number of carbonyl (C=O) groups is 1. The van der Waals surface area contributed by atoms with Crippen molar-refractivity contribution in [1.29, 1.82) is 0 Å². The van der Waals surface area contributed by atoms with Crippen LogP contribution in [0.1, 0.15) is 26.7 Å². The molecule has 0 aliphatic carbocycles. The molecule has 1 unspecified atom stereocenters. The number of aliphatic hydroxyl groups is 1. The predicted octanol–water partition coefficient (Wildman–Crippen LogP) is 0.710. The molecule has 11 heavy (non-hydrogen) atoms. The summed E-state index contributed by atoms with van der Waals surface area (Å²) in [6, 6.07) is 0. The van der Waals surface area contributed by atoms with Gasteiger partial charge in [0.05, 0.1) is 6.61 Å². The number of rotatable bonds is 1. The van der Waals surface area contributed by atoms with Crippen LogP contribution >= 0.6 is 0 Å². The van der Waals surface area contributed by atoms with Gasteiger partial charge >= 0.3 is 5.97 Å². The fraction of sp³-hybridized carbons (Fsp3) is 0.875. The Bertz CT molecular complexity index is 163. The first-order valence-electron chi connectivity index (χ1n) is 3.86. The number of cyclic esters (lactones) is 1. The van der Waals surface area contributed by atoms with Crippen molar-refractivity contribution in [3.63, 3.8) is 0 Å². The third-order valence-electron chi connectivity index (χ3n) is 2.28. The molecule has 1 saturated heterocycles. The highest BCUT2D eigenvalue weighted by molar-refractivity contribution is 5.70. The summed E-state index contributed by atoms with van der Waals surface area (Å²) in [5.41, 5.74) is -0.0668. The Morgan fingerprint density at radius 3 is 2.82 bits per heavy atom. The van der Waals surface area contributed by atoms with Gasteiger partial charge in [0.1, 0.15) is 6.10 Å². The number of esters is 1. The van der Waals surface area contributed by atoms with E-state index in [1.807, 2.05) is 13.8 Å². The lowest BCUT2D eigenvalue weighted by Gasteiger charge is -2.36. The molecule has 3 nitrogen and oxygen atoms in total. The van der Waals surface area contributed by atoms with Gasteiger partial charge in [0, 0.05) is 11.8 Å². The summed E-state index contributed by atoms with van der Waals surface area (Å²) in [4.78, 5) is 10.8. The second-order valence-corrected chi connectivity index (χ2v) is 3.65. The van der Waals surface area contributed by atoms with Gasteiger partial charge in [-0.25, -0.2) is 0 Å². The fourth-order valence-electron chi connectivity index (χ4n) is 1.25. The van der Waals surface area contributed by atoms with Gasteiger partial charge in [0.2, 0.25) is 0 Å². The third-order valence-corrected chi connectivity index (χ3v) is 2.28. The molecule has 0 aromatic heterocycles. The normalized spacial score (nSPS) is 29.7. The first-order valence-corrected chi connectivity index (χ1v) is 3.86. The average molecular weight is 158 g/mol. The molecule has 1 fully saturated rings. The molecule has 1 heterocycles. The van der Waals surface area contributed by atoms with Gasteiger partial charge in [-0.05, 0) is 6.42 Å². The molecule has 0 amide bonds. The molecular weight excluding hydrogens is 144 g/mol. The molecule has 3 heteroatoms. The molecule has 0 spiro atoms. The minimum Gasteiger partial charge on any atom is -0.459 e. The van der Waals surface area contributed by atoms with E-state index in [2.05, 4.69) is 0 Å². The second-order valence-electron chi connectivity index (χ2n) is 3.65. The molecule has 0 bridgehead atoms. The topological polar surface area (TPSA) is 46.5 Å². The molecule has 1 rings (SSSR count). The molecule has 1 atom stereocenters. The van der Waals surface area contributed by atoms with Crippen molar-refractivity contribution in [2.24, 2.45) is 5.41 Å². The number of hydrogen-bond acceptors (Lipinski definition) is 3. The standard InChI is InChI=1S/C8H14O3/c1-8(2)4-3-7(10)11-6(8)5-9/h6,9H,3-5H2,1-2H3. The van der Waals surface area contributed by atoms with Crippen molar-refractivity contribution in [1.82, 2.24) is 0 Å². The van der Waals surface area contributed by atoms with E-state index in [4.69, 9.17) is 9.84 Å². The van der Waals surface area contributed by atoms with Crippen LogP contribution in [-0.2, 0) is 9.53 Å². The molecule has 0 aromatic rings. The number of aliphatic hydroxyl groups excluding tert-OH is 1. The van der Waals surface area contributed by atoms with Gasteiger partial charge in [-0.2, -0.15) is 0 Å². The van der Waals surface area contributed by atoms with Crippen molar-refractivity contribution in [2.45, 2.75) is 32.8 Å². The summed E-state index contributed by atoms with van der Waals surface area (Å²) in [7, 11) is 0. The van der Waals surface area contributed by atoms with E-state index in [0.717, 1.165) is 6.42 Å². The highest BCUT2D eigenvalue weighted by atomic mass is 16.6. The van der Waals surface area contributed by atoms with Crippen LogP contribution in [0.3, 0.4) is 0 Å². The minimum atomic E-state index is -0.316. The zero-order valence-electron chi connectivity index (χ0n) is 6.96. The van der Waals surface area contributed by atoms with E-state index in [1.165, 1.54) is 0 Å². The largest absolute Gasteiger partial charge is 0.459 e. The Labute approximate surface area is 66.4 Å². The fourth-order valence-corrected chi connectivity index (χ4v) is 1.25. The highest BCUT2D eigenvalue weighted by Crippen LogP contribution is 2.33. The summed E-state index contributed by atoms with van der Waals surface area (Å²) in [6.07, 6.45) is 0.962. The lowest BCUT2D eigenvalue weighted by atomic mass is 9.80. The van der Waals surface area contributed by atoms with Gasteiger partial charge < -0.3 is 9.84 Å². The van der Waals surface area contributed by atoms with Crippen LogP contribution in [-0.4, -0.2) is 23.8 Å². The van der Waals surface area contributed by atoms with Crippen LogP contribution in [0.5, 0.6) is 0 Å². The van der Waals surface area contributed by atoms with E-state index in [0.29, 0.717) is 6.42 Å². The Morgan fingerprint density at radius 1 is 1.73 bits per heavy atom. The summed E-state index contributed by atoms with van der Waals surface area (Å²) in [5, 5.41) is 8.87. The molecule has 0 radical (unpaired) electrons. The van der Waals surface area contributed by atoms with Gasteiger partial charge in [-0.3, -0.25) is 4.79 Å². The van der Waals surface area contributed by atoms with E-state index in [9.17, 15) is 4.79 Å². The quantitative estimate of drug-likeness (QED) is 0.572. The molecule has 0 saturated carbocycles. The Hall–Kier alpha value is -0.570. The SMILES string of the molecule is CC1(C)CCC(=O)OC1CO. The number of hydrogen-bond donors (Lipinski definition) is 1. The van der Waals surface area contributed by atoms with Crippen LogP contribution in [0.2, 0.25) is 0 Å². The van der Waals surface area contributed by atoms with Crippen LogP contribution in [0.15, 0.2) is 0 Å². The summed E-state index contributed by atoms with van der Waals surface area (Å²) in [6.45, 7) is 3.93. The first-order chi connectivity index (χ1) is 5.06. The van der Waals surface area contributed by atoms with Crippen molar-refractivity contribution in [3.8, 4) is 0 Å². The monoisotopic (exact) mass is 158 g/mol. The van der Waals surface area contributed by atoms with Gasteiger partial charge in [-0.15, -0.1) is 0 Å². The zero-order valence-corrected chi connectivity index (χ0v) is 6.96. The maximum Gasteiger partial charge on any atom is 0.306 e. The second kappa shape index (κ2) is 2.81. The van der Waals surface area contributed by atoms with Crippen LogP contribution < -0.4 is 0 Å². The molecule has 0 aromatic carbocycles. The maximum absolute atomic E-state index is 10.8. The molecule has 64 valence electrons. The van der Waals surface area contributed by atoms with Gasteiger partial charge in [0.25, 0.3) is 0 Å². The van der Waals surface area contributed by atoms with Crippen LogP contribution in [0.25, 0.3) is 0 Å². The van der Waals surface area contributed by atoms with Crippen LogP contribution in [0.4, 0.5) is 0 Å². The van der Waals surface area contributed by atoms with Crippen molar-refractivity contribution in [3.05, 3.63) is 0 Å². The summed E-state index contributed by atoms with van der Waals surface area (Å²) in [5.74, 6) is -0.191. The smallest absolute Gasteiger partial charge is 0.306 e. The predicted molar refractivity (Wildman–Crippen MR) is 40.0 cm³/mol. The van der Waals surface area contributed by atoms with Crippen LogP contribution in [0, 0.1) is 5.41 Å². The molecular formula is C8H14O3. The zero-order chi connectivity index (χ0) is 8.48.